The van der Waals surface area contributed by atoms with E-state index in [0.29, 0.717) is 22.5 Å². The summed E-state index contributed by atoms with van der Waals surface area (Å²) in [5.41, 5.74) is 8.30. The fourth-order valence-electron chi connectivity index (χ4n) is 1.92. The van der Waals surface area contributed by atoms with Gasteiger partial charge in [0.05, 0.1) is 16.8 Å². The summed E-state index contributed by atoms with van der Waals surface area (Å²) in [7, 11) is 0. The topological polar surface area (TPSA) is 99.1 Å². The van der Waals surface area contributed by atoms with Crippen molar-refractivity contribution in [1.29, 1.82) is 5.26 Å². The van der Waals surface area contributed by atoms with Crippen LogP contribution in [0.1, 0.15) is 21.5 Å². The van der Waals surface area contributed by atoms with Crippen molar-refractivity contribution in [2.75, 3.05) is 11.1 Å². The first-order valence-electron chi connectivity index (χ1n) is 6.02. The van der Waals surface area contributed by atoms with Gasteiger partial charge < -0.3 is 16.2 Å². The van der Waals surface area contributed by atoms with Gasteiger partial charge in [-0.3, -0.25) is 0 Å². The molecule has 0 fully saturated rings. The Morgan fingerprint density at radius 2 is 2.10 bits per heavy atom. The van der Waals surface area contributed by atoms with Crippen LogP contribution in [0.25, 0.3) is 0 Å². The number of aryl methyl sites for hydroxylation is 1. The summed E-state index contributed by atoms with van der Waals surface area (Å²) < 4.78 is 0.814. The molecule has 0 saturated carbocycles. The average Bonchev–Trinajstić information content (AvgIpc) is 2.42. The lowest BCUT2D eigenvalue weighted by Crippen LogP contribution is -2.06. The van der Waals surface area contributed by atoms with E-state index in [4.69, 9.17) is 16.1 Å². The molecule has 2 aromatic carbocycles. The zero-order valence-electron chi connectivity index (χ0n) is 11.1. The van der Waals surface area contributed by atoms with Crippen molar-refractivity contribution in [3.63, 3.8) is 0 Å². The Bertz CT molecular complexity index is 766. The van der Waals surface area contributed by atoms with E-state index in [0.717, 1.165) is 4.47 Å². The molecule has 0 spiro atoms. The van der Waals surface area contributed by atoms with Crippen molar-refractivity contribution in [2.45, 2.75) is 6.92 Å². The summed E-state index contributed by atoms with van der Waals surface area (Å²) in [6.07, 6.45) is 0. The first kappa shape index (κ1) is 14.9. The number of nitrogen functional groups attached to an aromatic ring is 1. The van der Waals surface area contributed by atoms with Crippen molar-refractivity contribution >= 4 is 39.0 Å². The lowest BCUT2D eigenvalue weighted by molar-refractivity contribution is 0.0698. The number of nitriles is 1. The maximum atomic E-state index is 11.2. The smallest absolute Gasteiger partial charge is 0.337 e. The van der Waals surface area contributed by atoms with Gasteiger partial charge in [0.15, 0.2) is 0 Å². The number of carbonyl (C=O) groups is 1. The van der Waals surface area contributed by atoms with Gasteiger partial charge in [-0.15, -0.1) is 0 Å². The largest absolute Gasteiger partial charge is 0.478 e. The van der Waals surface area contributed by atoms with Crippen LogP contribution in [0.3, 0.4) is 0 Å². The van der Waals surface area contributed by atoms with Crippen molar-refractivity contribution in [3.05, 3.63) is 51.5 Å². The van der Waals surface area contributed by atoms with Gasteiger partial charge in [0.1, 0.15) is 6.07 Å². The van der Waals surface area contributed by atoms with E-state index in [2.05, 4.69) is 27.3 Å². The molecule has 0 atom stereocenters. The second kappa shape index (κ2) is 5.85. The van der Waals surface area contributed by atoms with Crippen molar-refractivity contribution in [3.8, 4) is 6.07 Å². The van der Waals surface area contributed by atoms with Crippen LogP contribution in [0.15, 0.2) is 34.8 Å². The third-order valence-electron chi connectivity index (χ3n) is 3.00. The maximum Gasteiger partial charge on any atom is 0.337 e. The van der Waals surface area contributed by atoms with Gasteiger partial charge in [-0.25, -0.2) is 4.79 Å². The molecular formula is C15H12BrN3O2. The normalized spacial score (nSPS) is 9.95. The molecule has 2 aromatic rings. The summed E-state index contributed by atoms with van der Waals surface area (Å²) >= 11 is 3.34. The Balaban J connectivity index is 2.48. The number of carboxylic acid groups (broad SMARTS) is 1. The molecule has 21 heavy (non-hydrogen) atoms. The predicted molar refractivity (Wildman–Crippen MR) is 84.7 cm³/mol. The SMILES string of the molecule is Cc1cc(Nc2cc(Br)ccc2C#N)cc(C(=O)O)c1N. The van der Waals surface area contributed by atoms with E-state index in [1.54, 1.807) is 31.2 Å². The number of aromatic carboxylic acids is 1. The second-order valence-electron chi connectivity index (χ2n) is 4.49. The Morgan fingerprint density at radius 3 is 2.71 bits per heavy atom. The minimum atomic E-state index is -1.09. The standard InChI is InChI=1S/C15H12BrN3O2/c1-8-4-11(6-12(14(8)18)15(20)21)19-13-5-10(16)3-2-9(13)7-17/h2-6,19H,18H2,1H3,(H,20,21). The highest BCUT2D eigenvalue weighted by Gasteiger charge is 2.12. The first-order chi connectivity index (χ1) is 9.92. The Hall–Kier alpha value is -2.52. The van der Waals surface area contributed by atoms with Gasteiger partial charge in [-0.2, -0.15) is 5.26 Å². The quantitative estimate of drug-likeness (QED) is 0.737. The molecule has 0 radical (unpaired) electrons. The second-order valence-corrected chi connectivity index (χ2v) is 5.40. The molecule has 106 valence electrons. The molecule has 6 heteroatoms. The first-order valence-corrected chi connectivity index (χ1v) is 6.81. The van der Waals surface area contributed by atoms with Crippen LogP contribution in [0.2, 0.25) is 0 Å². The highest BCUT2D eigenvalue weighted by atomic mass is 79.9. The summed E-state index contributed by atoms with van der Waals surface area (Å²) in [4.78, 5) is 11.2. The van der Waals surface area contributed by atoms with Crippen LogP contribution < -0.4 is 11.1 Å². The van der Waals surface area contributed by atoms with Crippen LogP contribution in [-0.4, -0.2) is 11.1 Å². The van der Waals surface area contributed by atoms with E-state index in [1.165, 1.54) is 6.07 Å². The monoisotopic (exact) mass is 345 g/mol. The fraction of sp³-hybridized carbons (Fsp3) is 0.0667. The minimum Gasteiger partial charge on any atom is -0.478 e. The minimum absolute atomic E-state index is 0.0333. The number of hydrogen-bond donors (Lipinski definition) is 3. The number of nitrogens with zero attached hydrogens (tertiary/aromatic N) is 1. The van der Waals surface area contributed by atoms with E-state index < -0.39 is 5.97 Å². The number of halogens is 1. The predicted octanol–water partition coefficient (Wildman–Crippen LogP) is 3.65. The highest BCUT2D eigenvalue weighted by molar-refractivity contribution is 9.10. The van der Waals surface area contributed by atoms with Gasteiger partial charge in [-0.05, 0) is 42.8 Å². The number of nitrogens with two attached hydrogens (primary N) is 1. The molecule has 2 rings (SSSR count). The average molecular weight is 346 g/mol. The molecule has 5 nitrogen and oxygen atoms in total. The molecule has 0 saturated heterocycles. The van der Waals surface area contributed by atoms with Crippen LogP contribution in [0, 0.1) is 18.3 Å². The zero-order chi connectivity index (χ0) is 15.6. The van der Waals surface area contributed by atoms with Gasteiger partial charge in [-0.1, -0.05) is 15.9 Å². The molecule has 0 aliphatic carbocycles. The number of benzene rings is 2. The number of anilines is 3. The Kier molecular flexibility index (Phi) is 4.15. The lowest BCUT2D eigenvalue weighted by Gasteiger charge is -2.12. The van der Waals surface area contributed by atoms with Crippen LogP contribution >= 0.6 is 15.9 Å². The summed E-state index contributed by atoms with van der Waals surface area (Å²) in [5.74, 6) is -1.09. The molecule has 0 bridgehead atoms. The molecular weight excluding hydrogens is 334 g/mol. The Labute approximate surface area is 130 Å². The Morgan fingerprint density at radius 1 is 1.38 bits per heavy atom. The van der Waals surface area contributed by atoms with Gasteiger partial charge in [0.25, 0.3) is 0 Å². The molecule has 0 heterocycles. The number of rotatable bonds is 3. The zero-order valence-corrected chi connectivity index (χ0v) is 12.7. The highest BCUT2D eigenvalue weighted by Crippen LogP contribution is 2.28. The third-order valence-corrected chi connectivity index (χ3v) is 3.49. The van der Waals surface area contributed by atoms with Crippen LogP contribution in [-0.2, 0) is 0 Å². The van der Waals surface area contributed by atoms with Gasteiger partial charge in [0, 0.05) is 15.8 Å². The molecule has 0 aliphatic heterocycles. The van der Waals surface area contributed by atoms with Gasteiger partial charge in [0.2, 0.25) is 0 Å². The molecule has 0 unspecified atom stereocenters. The number of hydrogen-bond acceptors (Lipinski definition) is 4. The van der Waals surface area contributed by atoms with E-state index in [9.17, 15) is 4.79 Å². The molecule has 0 aromatic heterocycles. The summed E-state index contributed by atoms with van der Waals surface area (Å²) in [5, 5.41) is 21.3. The van der Waals surface area contributed by atoms with Gasteiger partial charge >= 0.3 is 5.97 Å². The van der Waals surface area contributed by atoms with Crippen molar-refractivity contribution in [1.82, 2.24) is 0 Å². The lowest BCUT2D eigenvalue weighted by atomic mass is 10.1. The summed E-state index contributed by atoms with van der Waals surface area (Å²) in [6.45, 7) is 1.74. The molecule has 0 amide bonds. The van der Waals surface area contributed by atoms with Crippen LogP contribution in [0.5, 0.6) is 0 Å². The maximum absolute atomic E-state index is 11.2. The third kappa shape index (κ3) is 3.15. The molecule has 4 N–H and O–H groups in total. The van der Waals surface area contributed by atoms with E-state index in [-0.39, 0.29) is 11.3 Å². The van der Waals surface area contributed by atoms with E-state index >= 15 is 0 Å². The summed E-state index contributed by atoms with van der Waals surface area (Å²) in [6, 6.07) is 10.5. The van der Waals surface area contributed by atoms with Crippen LogP contribution in [0.4, 0.5) is 17.1 Å². The number of nitrogens with one attached hydrogen (secondary N) is 1. The van der Waals surface area contributed by atoms with E-state index in [1.807, 2.05) is 0 Å². The fourth-order valence-corrected chi connectivity index (χ4v) is 2.28. The molecule has 0 aliphatic rings. The van der Waals surface area contributed by atoms with Crippen molar-refractivity contribution in [2.24, 2.45) is 0 Å². The number of carboxylic acids is 1. The van der Waals surface area contributed by atoms with Crippen molar-refractivity contribution < 1.29 is 9.90 Å².